The van der Waals surface area contributed by atoms with Crippen LogP contribution >= 0.6 is 24.8 Å². The summed E-state index contributed by atoms with van der Waals surface area (Å²) in [6.45, 7) is 2.07. The van der Waals surface area contributed by atoms with Gasteiger partial charge in [-0.2, -0.15) is 0 Å². The van der Waals surface area contributed by atoms with Crippen LogP contribution in [0.5, 0.6) is 5.75 Å². The molecule has 1 aromatic rings. The predicted molar refractivity (Wildman–Crippen MR) is 73.3 cm³/mol. The average Bonchev–Trinajstić information content (AvgIpc) is 2.29. The number of nitrogens with two attached hydrogens (primary N) is 1. The summed E-state index contributed by atoms with van der Waals surface area (Å²) in [5, 5.41) is 3.15. The van der Waals surface area contributed by atoms with Gasteiger partial charge >= 0.3 is 0 Å². The second-order valence-electron chi connectivity index (χ2n) is 3.19. The van der Waals surface area contributed by atoms with Crippen LogP contribution in [0.2, 0.25) is 0 Å². The molecule has 0 aromatic carbocycles. The van der Waals surface area contributed by atoms with Crippen molar-refractivity contribution in [1.82, 2.24) is 4.98 Å². The quantitative estimate of drug-likeness (QED) is 0.762. The highest BCUT2D eigenvalue weighted by atomic mass is 35.5. The lowest BCUT2D eigenvalue weighted by molar-refractivity contribution is 0.321. The van der Waals surface area contributed by atoms with E-state index in [0.29, 0.717) is 19.6 Å². The van der Waals surface area contributed by atoms with Crippen LogP contribution in [0.25, 0.3) is 0 Å². The third-order valence-electron chi connectivity index (χ3n) is 2.01. The number of hydrogen-bond donors (Lipinski definition) is 2. The largest absolute Gasteiger partial charge is 0.488 e. The van der Waals surface area contributed by atoms with Crippen molar-refractivity contribution in [1.29, 1.82) is 0 Å². The lowest BCUT2D eigenvalue weighted by Gasteiger charge is -2.17. The number of pyridine rings is 1. The summed E-state index contributed by atoms with van der Waals surface area (Å²) >= 11 is 0. The Labute approximate surface area is 113 Å². The fourth-order valence-corrected chi connectivity index (χ4v) is 1.32. The highest BCUT2D eigenvalue weighted by Crippen LogP contribution is 2.24. The van der Waals surface area contributed by atoms with Crippen LogP contribution in [0, 0.1) is 11.8 Å². The first-order chi connectivity index (χ1) is 7.40. The molecule has 17 heavy (non-hydrogen) atoms. The zero-order chi connectivity index (χ0) is 10.5. The lowest BCUT2D eigenvalue weighted by atomic mass is 10.2. The van der Waals surface area contributed by atoms with Crippen LogP contribution in [0.3, 0.4) is 0 Å². The van der Waals surface area contributed by atoms with Gasteiger partial charge in [0.2, 0.25) is 0 Å². The number of anilines is 1. The second kappa shape index (κ2) is 8.02. The van der Waals surface area contributed by atoms with Gasteiger partial charge in [-0.25, -0.2) is 4.98 Å². The third kappa shape index (κ3) is 4.31. The molecule has 0 unspecified atom stereocenters. The van der Waals surface area contributed by atoms with Crippen LogP contribution in [0.15, 0.2) is 12.3 Å². The summed E-state index contributed by atoms with van der Waals surface area (Å²) in [5.74, 6) is 7.54. The van der Waals surface area contributed by atoms with E-state index in [2.05, 4.69) is 22.1 Å². The molecule has 1 aliphatic heterocycles. The average molecular weight is 276 g/mol. The predicted octanol–water partition coefficient (Wildman–Crippen LogP) is 1.43. The Bertz CT molecular complexity index is 415. The highest BCUT2D eigenvalue weighted by Gasteiger charge is 2.10. The molecule has 0 saturated carbocycles. The maximum Gasteiger partial charge on any atom is 0.168 e. The molecule has 0 saturated heterocycles. The van der Waals surface area contributed by atoms with Crippen molar-refractivity contribution < 1.29 is 4.74 Å². The summed E-state index contributed by atoms with van der Waals surface area (Å²) in [4.78, 5) is 4.23. The Morgan fingerprint density at radius 3 is 3.06 bits per heavy atom. The zero-order valence-corrected chi connectivity index (χ0v) is 10.9. The van der Waals surface area contributed by atoms with Gasteiger partial charge in [-0.05, 0) is 0 Å². The van der Waals surface area contributed by atoms with E-state index < -0.39 is 0 Å². The molecule has 0 atom stereocenters. The number of nitrogens with one attached hydrogen (secondary N) is 1. The number of nitrogens with zero attached hydrogens (tertiary/aromatic N) is 1. The molecule has 1 aliphatic rings. The maximum atomic E-state index is 5.45. The van der Waals surface area contributed by atoms with E-state index in [0.717, 1.165) is 23.7 Å². The Morgan fingerprint density at radius 1 is 1.47 bits per heavy atom. The highest BCUT2D eigenvalue weighted by molar-refractivity contribution is 5.85. The molecule has 0 aliphatic carbocycles. The molecular weight excluding hydrogens is 261 g/mol. The summed E-state index contributed by atoms with van der Waals surface area (Å²) in [6, 6.07) is 1.90. The van der Waals surface area contributed by atoms with Crippen molar-refractivity contribution in [2.24, 2.45) is 5.73 Å². The van der Waals surface area contributed by atoms with Gasteiger partial charge in [0, 0.05) is 30.8 Å². The van der Waals surface area contributed by atoms with Gasteiger partial charge in [0.25, 0.3) is 0 Å². The summed E-state index contributed by atoms with van der Waals surface area (Å²) in [5.41, 5.74) is 6.22. The van der Waals surface area contributed by atoms with Crippen molar-refractivity contribution in [3.05, 3.63) is 17.8 Å². The van der Waals surface area contributed by atoms with E-state index in [4.69, 9.17) is 10.5 Å². The van der Waals surface area contributed by atoms with Crippen LogP contribution in [-0.2, 0) is 0 Å². The van der Waals surface area contributed by atoms with Crippen molar-refractivity contribution in [3.63, 3.8) is 0 Å². The number of hydrogen-bond acceptors (Lipinski definition) is 4. The van der Waals surface area contributed by atoms with Crippen molar-refractivity contribution in [2.45, 2.75) is 6.42 Å². The Morgan fingerprint density at radius 2 is 2.29 bits per heavy atom. The molecule has 0 bridgehead atoms. The molecule has 1 aromatic heterocycles. The van der Waals surface area contributed by atoms with E-state index in [1.807, 2.05) is 6.07 Å². The molecule has 4 nitrogen and oxygen atoms in total. The monoisotopic (exact) mass is 275 g/mol. The minimum Gasteiger partial charge on any atom is -0.488 e. The van der Waals surface area contributed by atoms with Crippen LogP contribution in [-0.4, -0.2) is 24.7 Å². The minimum absolute atomic E-state index is 0. The Balaban J connectivity index is 0.00000128. The Hall–Kier alpha value is -1.15. The molecule has 94 valence electrons. The molecule has 0 spiro atoms. The van der Waals surface area contributed by atoms with Gasteiger partial charge in [0.05, 0.1) is 6.54 Å². The van der Waals surface area contributed by atoms with Crippen LogP contribution in [0.1, 0.15) is 12.0 Å². The van der Waals surface area contributed by atoms with Crippen LogP contribution < -0.4 is 15.8 Å². The lowest BCUT2D eigenvalue weighted by Crippen LogP contribution is -2.19. The topological polar surface area (TPSA) is 60.2 Å². The van der Waals surface area contributed by atoms with Crippen molar-refractivity contribution in [2.75, 3.05) is 25.0 Å². The zero-order valence-electron chi connectivity index (χ0n) is 9.23. The van der Waals surface area contributed by atoms with E-state index in [1.54, 1.807) is 6.20 Å². The van der Waals surface area contributed by atoms with Gasteiger partial charge in [0.1, 0.15) is 6.61 Å². The molecular formula is C11H15Cl2N3O. The van der Waals surface area contributed by atoms with E-state index >= 15 is 0 Å². The normalized spacial score (nSPS) is 11.4. The summed E-state index contributed by atoms with van der Waals surface area (Å²) in [7, 11) is 0. The fourth-order valence-electron chi connectivity index (χ4n) is 1.32. The number of ether oxygens (including phenoxy) is 1. The minimum atomic E-state index is 0. The van der Waals surface area contributed by atoms with Gasteiger partial charge in [-0.1, -0.05) is 11.8 Å². The number of fused-ring (bicyclic) bond motifs is 1. The first-order valence-electron chi connectivity index (χ1n) is 4.96. The standard InChI is InChI=1S/C11H13N3O.2ClH/c12-4-2-1-3-9-7-10-11(14-8-9)13-5-6-15-10;;/h7-8H,2,4-6,12H2,(H,13,14);2*1H. The molecule has 0 amide bonds. The number of aromatic nitrogens is 1. The number of rotatable bonds is 1. The SMILES string of the molecule is Cl.Cl.NCCC#Cc1cnc2c(c1)OCCN2. The van der Waals surface area contributed by atoms with Crippen molar-refractivity contribution >= 4 is 30.6 Å². The smallest absolute Gasteiger partial charge is 0.168 e. The van der Waals surface area contributed by atoms with Gasteiger partial charge < -0.3 is 15.8 Å². The fraction of sp³-hybridized carbons (Fsp3) is 0.364. The second-order valence-corrected chi connectivity index (χ2v) is 3.19. The van der Waals surface area contributed by atoms with Gasteiger partial charge in [-0.15, -0.1) is 24.8 Å². The molecule has 0 fully saturated rings. The molecule has 0 radical (unpaired) electrons. The van der Waals surface area contributed by atoms with E-state index in [-0.39, 0.29) is 24.8 Å². The van der Waals surface area contributed by atoms with Crippen LogP contribution in [0.4, 0.5) is 5.82 Å². The molecule has 3 N–H and O–H groups in total. The first kappa shape index (κ1) is 15.9. The molecule has 2 rings (SSSR count). The van der Waals surface area contributed by atoms with E-state index in [9.17, 15) is 0 Å². The molecule has 6 heteroatoms. The number of halogens is 2. The third-order valence-corrected chi connectivity index (χ3v) is 2.01. The molecule has 2 heterocycles. The van der Waals surface area contributed by atoms with Crippen molar-refractivity contribution in [3.8, 4) is 17.6 Å². The van der Waals surface area contributed by atoms with Gasteiger partial charge in [0.15, 0.2) is 11.6 Å². The summed E-state index contributed by atoms with van der Waals surface area (Å²) < 4.78 is 5.45. The van der Waals surface area contributed by atoms with E-state index in [1.165, 1.54) is 0 Å². The maximum absolute atomic E-state index is 5.45. The summed E-state index contributed by atoms with van der Waals surface area (Å²) in [6.07, 6.45) is 2.44. The Kier molecular flexibility index (Phi) is 7.47. The first-order valence-corrected chi connectivity index (χ1v) is 4.96. The van der Waals surface area contributed by atoms with Gasteiger partial charge in [-0.3, -0.25) is 0 Å².